The van der Waals surface area contributed by atoms with Crippen LogP contribution in [0.3, 0.4) is 0 Å². The van der Waals surface area contributed by atoms with Crippen LogP contribution in [0.25, 0.3) is 0 Å². The van der Waals surface area contributed by atoms with E-state index in [1.165, 1.54) is 0 Å². The first-order valence-corrected chi connectivity index (χ1v) is 3.95. The van der Waals surface area contributed by atoms with Crippen LogP contribution in [-0.2, 0) is 4.79 Å². The van der Waals surface area contributed by atoms with Crippen molar-refractivity contribution in [3.63, 3.8) is 0 Å². The van der Waals surface area contributed by atoms with Crippen molar-refractivity contribution in [3.8, 4) is 0 Å². The van der Waals surface area contributed by atoms with E-state index in [1.54, 1.807) is 11.1 Å². The molecule has 2 heteroatoms. The summed E-state index contributed by atoms with van der Waals surface area (Å²) in [5, 5.41) is 0. The maximum Gasteiger partial charge on any atom is 0.229 e. The van der Waals surface area contributed by atoms with E-state index < -0.39 is 0 Å². The van der Waals surface area contributed by atoms with Gasteiger partial charge in [0.15, 0.2) is 0 Å². The van der Waals surface area contributed by atoms with Crippen LogP contribution in [0.4, 0.5) is 0 Å². The van der Waals surface area contributed by atoms with Crippen LogP contribution in [0.15, 0.2) is 12.8 Å². The van der Waals surface area contributed by atoms with Crippen molar-refractivity contribution in [2.75, 3.05) is 0 Å². The summed E-state index contributed by atoms with van der Waals surface area (Å²) >= 11 is 0. The lowest BCUT2D eigenvalue weighted by Crippen LogP contribution is -2.36. The Kier molecular flexibility index (Phi) is 1.78. The van der Waals surface area contributed by atoms with Gasteiger partial charge in [-0.3, -0.25) is 4.79 Å². The van der Waals surface area contributed by atoms with Crippen molar-refractivity contribution < 1.29 is 4.79 Å². The summed E-state index contributed by atoms with van der Waals surface area (Å²) in [5.41, 5.74) is -0.0295. The first-order valence-electron chi connectivity index (χ1n) is 3.95. The Morgan fingerprint density at radius 2 is 2.27 bits per heavy atom. The van der Waals surface area contributed by atoms with Gasteiger partial charge in [-0.25, -0.2) is 0 Å². The molecule has 62 valence electrons. The molecule has 0 aromatic heterocycles. The molecule has 1 fully saturated rings. The quantitative estimate of drug-likeness (QED) is 0.562. The highest BCUT2D eigenvalue weighted by Gasteiger charge is 2.40. The maximum absolute atomic E-state index is 11.4. The van der Waals surface area contributed by atoms with Crippen molar-refractivity contribution in [1.82, 2.24) is 4.90 Å². The van der Waals surface area contributed by atoms with Crippen LogP contribution in [0.1, 0.15) is 27.2 Å². The summed E-state index contributed by atoms with van der Waals surface area (Å²) in [4.78, 5) is 13.1. The van der Waals surface area contributed by atoms with Gasteiger partial charge in [-0.1, -0.05) is 13.5 Å². The van der Waals surface area contributed by atoms with Gasteiger partial charge in [-0.2, -0.15) is 0 Å². The fourth-order valence-corrected chi connectivity index (χ4v) is 1.81. The van der Waals surface area contributed by atoms with Crippen molar-refractivity contribution in [1.29, 1.82) is 0 Å². The van der Waals surface area contributed by atoms with Gasteiger partial charge in [-0.15, -0.1) is 0 Å². The number of amides is 1. The predicted molar refractivity (Wildman–Crippen MR) is 44.9 cm³/mol. The fourth-order valence-electron chi connectivity index (χ4n) is 1.81. The van der Waals surface area contributed by atoms with E-state index >= 15 is 0 Å². The smallest absolute Gasteiger partial charge is 0.229 e. The summed E-state index contributed by atoms with van der Waals surface area (Å²) in [6, 6.07) is 0. The highest BCUT2D eigenvalue weighted by molar-refractivity contribution is 5.82. The molecule has 0 aromatic rings. The third-order valence-corrected chi connectivity index (χ3v) is 2.30. The lowest BCUT2D eigenvalue weighted by molar-refractivity contribution is -0.130. The summed E-state index contributed by atoms with van der Waals surface area (Å²) in [6.07, 6.45) is 2.56. The lowest BCUT2D eigenvalue weighted by Gasteiger charge is -2.27. The van der Waals surface area contributed by atoms with Crippen LogP contribution in [0, 0.1) is 5.92 Å². The summed E-state index contributed by atoms with van der Waals surface area (Å²) in [5.74, 6) is 0.355. The van der Waals surface area contributed by atoms with Gasteiger partial charge in [0.25, 0.3) is 0 Å². The van der Waals surface area contributed by atoms with Crippen LogP contribution in [0.5, 0.6) is 0 Å². The zero-order chi connectivity index (χ0) is 8.65. The minimum atomic E-state index is -0.0295. The van der Waals surface area contributed by atoms with Crippen LogP contribution in [-0.4, -0.2) is 16.3 Å². The summed E-state index contributed by atoms with van der Waals surface area (Å²) in [7, 11) is 0. The third kappa shape index (κ3) is 1.17. The maximum atomic E-state index is 11.4. The Hall–Kier alpha value is -0.790. The number of rotatable bonds is 1. The molecule has 1 aliphatic rings. The molecule has 1 saturated heterocycles. The van der Waals surface area contributed by atoms with E-state index in [4.69, 9.17) is 0 Å². The van der Waals surface area contributed by atoms with Crippen molar-refractivity contribution in [2.45, 2.75) is 32.7 Å². The lowest BCUT2D eigenvalue weighted by atomic mass is 9.98. The van der Waals surface area contributed by atoms with Crippen molar-refractivity contribution in [3.05, 3.63) is 12.8 Å². The molecular weight excluding hydrogens is 138 g/mol. The summed E-state index contributed by atoms with van der Waals surface area (Å²) < 4.78 is 0. The van der Waals surface area contributed by atoms with Gasteiger partial charge in [-0.05, 0) is 20.3 Å². The van der Waals surface area contributed by atoms with Crippen LogP contribution >= 0.6 is 0 Å². The Bertz CT molecular complexity index is 196. The Morgan fingerprint density at radius 3 is 2.45 bits per heavy atom. The monoisotopic (exact) mass is 153 g/mol. The molecule has 1 unspecified atom stereocenters. The topological polar surface area (TPSA) is 20.3 Å². The van der Waals surface area contributed by atoms with Gasteiger partial charge in [0, 0.05) is 17.7 Å². The second-order valence-electron chi connectivity index (χ2n) is 3.81. The number of likely N-dealkylation sites (tertiary alicyclic amines) is 1. The van der Waals surface area contributed by atoms with Gasteiger partial charge in [0.05, 0.1) is 0 Å². The van der Waals surface area contributed by atoms with Crippen LogP contribution < -0.4 is 0 Å². The highest BCUT2D eigenvalue weighted by atomic mass is 16.2. The molecular formula is C9H15NO. The predicted octanol–water partition coefficient (Wildman–Crippen LogP) is 1.78. The number of carbonyl (C=O) groups is 1. The summed E-state index contributed by atoms with van der Waals surface area (Å²) in [6.45, 7) is 9.73. The molecule has 0 bridgehead atoms. The van der Waals surface area contributed by atoms with Crippen molar-refractivity contribution in [2.24, 2.45) is 5.92 Å². The normalized spacial score (nSPS) is 29.2. The van der Waals surface area contributed by atoms with Gasteiger partial charge in [0.2, 0.25) is 5.91 Å². The second kappa shape index (κ2) is 2.36. The minimum Gasteiger partial charge on any atom is -0.314 e. The Morgan fingerprint density at radius 1 is 1.73 bits per heavy atom. The fraction of sp³-hybridized carbons (Fsp3) is 0.667. The number of hydrogen-bond donors (Lipinski definition) is 0. The van der Waals surface area contributed by atoms with Gasteiger partial charge >= 0.3 is 0 Å². The largest absolute Gasteiger partial charge is 0.314 e. The SMILES string of the molecule is C=CN1C(=O)C(C)CC1(C)C. The van der Waals surface area contributed by atoms with E-state index in [2.05, 4.69) is 20.4 Å². The molecule has 1 atom stereocenters. The molecule has 1 aliphatic heterocycles. The molecule has 0 spiro atoms. The Balaban J connectivity index is 2.90. The molecule has 11 heavy (non-hydrogen) atoms. The van der Waals surface area contributed by atoms with E-state index in [1.807, 2.05) is 6.92 Å². The van der Waals surface area contributed by atoms with Gasteiger partial charge < -0.3 is 4.90 Å². The zero-order valence-electron chi connectivity index (χ0n) is 7.42. The number of nitrogens with zero attached hydrogens (tertiary/aromatic N) is 1. The molecule has 0 N–H and O–H groups in total. The molecule has 1 heterocycles. The highest BCUT2D eigenvalue weighted by Crippen LogP contribution is 2.33. The third-order valence-electron chi connectivity index (χ3n) is 2.30. The Labute approximate surface area is 67.9 Å². The molecule has 0 aromatic carbocycles. The molecule has 1 rings (SSSR count). The minimum absolute atomic E-state index is 0.0295. The van der Waals surface area contributed by atoms with Crippen LogP contribution in [0.2, 0.25) is 0 Å². The molecule has 2 nitrogen and oxygen atoms in total. The van der Waals surface area contributed by atoms with E-state index in [0.717, 1.165) is 6.42 Å². The first kappa shape index (κ1) is 8.31. The second-order valence-corrected chi connectivity index (χ2v) is 3.81. The van der Waals surface area contributed by atoms with Crippen molar-refractivity contribution >= 4 is 5.91 Å². The van der Waals surface area contributed by atoms with E-state index in [9.17, 15) is 4.79 Å². The molecule has 0 aliphatic carbocycles. The first-order chi connectivity index (χ1) is 4.99. The van der Waals surface area contributed by atoms with E-state index in [-0.39, 0.29) is 17.4 Å². The number of hydrogen-bond acceptors (Lipinski definition) is 1. The number of carbonyl (C=O) groups excluding carboxylic acids is 1. The zero-order valence-corrected chi connectivity index (χ0v) is 7.42. The average Bonchev–Trinajstić information content (AvgIpc) is 2.03. The van der Waals surface area contributed by atoms with E-state index in [0.29, 0.717) is 0 Å². The molecule has 0 saturated carbocycles. The average molecular weight is 153 g/mol. The standard InChI is InChI=1S/C9H15NO/c1-5-10-8(11)7(2)6-9(10,3)4/h5,7H,1,6H2,2-4H3. The molecule has 0 radical (unpaired) electrons. The van der Waals surface area contributed by atoms with Gasteiger partial charge in [0.1, 0.15) is 0 Å². The molecule has 1 amide bonds.